The zero-order valence-electron chi connectivity index (χ0n) is 17.6. The van der Waals surface area contributed by atoms with Crippen LogP contribution in [0.5, 0.6) is 17.2 Å². The fraction of sp³-hybridized carbons (Fsp3) is 0.348. The molecule has 3 aromatic rings. The largest absolute Gasteiger partial charge is 0.493 e. The number of hydrogen-bond acceptors (Lipinski definition) is 6. The van der Waals surface area contributed by atoms with Crippen molar-refractivity contribution in [2.24, 2.45) is 0 Å². The van der Waals surface area contributed by atoms with Crippen molar-refractivity contribution in [3.63, 3.8) is 0 Å². The lowest BCUT2D eigenvalue weighted by Gasteiger charge is -2.31. The first-order chi connectivity index (χ1) is 14.6. The van der Waals surface area contributed by atoms with E-state index in [4.69, 9.17) is 18.9 Å². The van der Waals surface area contributed by atoms with Crippen molar-refractivity contribution >= 4 is 16.9 Å². The fourth-order valence-corrected chi connectivity index (χ4v) is 4.23. The number of aromatic amines is 1. The number of hydrogen-bond donors (Lipinski definition) is 2. The number of fused-ring (bicyclic) bond motifs is 3. The number of aromatic nitrogens is 1. The molecule has 1 aliphatic rings. The molecular formula is C23H26N2O5. The van der Waals surface area contributed by atoms with Crippen molar-refractivity contribution in [2.75, 3.05) is 27.9 Å². The lowest BCUT2D eigenvalue weighted by Crippen LogP contribution is -2.46. The number of ether oxygens (including phenoxy) is 4. The normalized spacial score (nSPS) is 18.0. The number of nitrogens with one attached hydrogen (secondary N) is 2. The summed E-state index contributed by atoms with van der Waals surface area (Å²) in [5.41, 5.74) is 3.97. The van der Waals surface area contributed by atoms with Crippen LogP contribution in [-0.4, -0.2) is 44.9 Å². The van der Waals surface area contributed by atoms with Crippen molar-refractivity contribution in [3.8, 4) is 17.2 Å². The standard InChI is InChI=1S/C23H26N2O5/c1-5-30-23(26)17-12-15-13-8-6-7-9-16(13)24-20(15)19(25-17)14-10-11-18(27-2)22(29-4)21(14)28-3/h6-11,17,19,24-25H,5,12H2,1-4H3. The first-order valence-electron chi connectivity index (χ1n) is 9.93. The SMILES string of the molecule is CCOC(=O)C1Cc2c([nH]c3ccccc23)C(c2ccc(OC)c(OC)c2OC)N1. The van der Waals surface area contributed by atoms with Gasteiger partial charge in [-0.3, -0.25) is 10.1 Å². The number of carbonyl (C=O) groups is 1. The molecule has 1 aromatic heterocycles. The number of rotatable bonds is 6. The van der Waals surface area contributed by atoms with Gasteiger partial charge in [0.15, 0.2) is 11.5 Å². The quantitative estimate of drug-likeness (QED) is 0.607. The van der Waals surface area contributed by atoms with Crippen LogP contribution >= 0.6 is 0 Å². The van der Waals surface area contributed by atoms with Crippen LogP contribution in [0.25, 0.3) is 10.9 Å². The first-order valence-corrected chi connectivity index (χ1v) is 9.93. The second-order valence-electron chi connectivity index (χ2n) is 7.09. The van der Waals surface area contributed by atoms with Gasteiger partial charge in [0.2, 0.25) is 5.75 Å². The van der Waals surface area contributed by atoms with Crippen LogP contribution in [0, 0.1) is 0 Å². The van der Waals surface area contributed by atoms with Crippen molar-refractivity contribution in [1.29, 1.82) is 0 Å². The van der Waals surface area contributed by atoms with Gasteiger partial charge in [0.05, 0.1) is 34.0 Å². The van der Waals surface area contributed by atoms with Gasteiger partial charge in [-0.1, -0.05) is 18.2 Å². The maximum Gasteiger partial charge on any atom is 0.323 e. The Kier molecular flexibility index (Phi) is 5.55. The molecule has 0 radical (unpaired) electrons. The van der Waals surface area contributed by atoms with E-state index in [-0.39, 0.29) is 12.0 Å². The molecule has 158 valence electrons. The molecule has 0 saturated heterocycles. The summed E-state index contributed by atoms with van der Waals surface area (Å²) in [6.45, 7) is 2.15. The van der Waals surface area contributed by atoms with E-state index in [2.05, 4.69) is 16.4 Å². The van der Waals surface area contributed by atoms with E-state index < -0.39 is 6.04 Å². The Morgan fingerprint density at radius 2 is 1.80 bits per heavy atom. The minimum Gasteiger partial charge on any atom is -0.493 e. The Hall–Kier alpha value is -3.19. The molecule has 0 fully saturated rings. The van der Waals surface area contributed by atoms with Gasteiger partial charge in [-0.2, -0.15) is 0 Å². The van der Waals surface area contributed by atoms with E-state index in [1.807, 2.05) is 37.3 Å². The summed E-state index contributed by atoms with van der Waals surface area (Å²) in [6.07, 6.45) is 0.546. The van der Waals surface area contributed by atoms with Gasteiger partial charge in [-0.15, -0.1) is 0 Å². The molecule has 2 unspecified atom stereocenters. The number of H-pyrrole nitrogens is 1. The molecule has 7 heteroatoms. The summed E-state index contributed by atoms with van der Waals surface area (Å²) < 4.78 is 22.0. The molecule has 2 heterocycles. The third kappa shape index (κ3) is 3.25. The van der Waals surface area contributed by atoms with Crippen LogP contribution in [0.3, 0.4) is 0 Å². The van der Waals surface area contributed by atoms with Crippen molar-refractivity contribution in [3.05, 3.63) is 53.2 Å². The predicted molar refractivity (Wildman–Crippen MR) is 114 cm³/mol. The van der Waals surface area contributed by atoms with Crippen LogP contribution in [0.2, 0.25) is 0 Å². The predicted octanol–water partition coefficient (Wildman–Crippen LogP) is 3.36. The average molecular weight is 410 g/mol. The second kappa shape index (κ2) is 8.28. The number of para-hydroxylation sites is 1. The highest BCUT2D eigenvalue weighted by Crippen LogP contribution is 2.45. The highest BCUT2D eigenvalue weighted by atomic mass is 16.5. The Balaban J connectivity index is 1.90. The molecule has 0 bridgehead atoms. The molecule has 0 spiro atoms. The Morgan fingerprint density at radius 1 is 1.03 bits per heavy atom. The number of benzene rings is 2. The summed E-state index contributed by atoms with van der Waals surface area (Å²) in [5.74, 6) is 1.38. The van der Waals surface area contributed by atoms with Crippen LogP contribution < -0.4 is 19.5 Å². The van der Waals surface area contributed by atoms with Crippen molar-refractivity contribution in [1.82, 2.24) is 10.3 Å². The van der Waals surface area contributed by atoms with E-state index in [1.165, 1.54) is 0 Å². The van der Waals surface area contributed by atoms with Crippen molar-refractivity contribution < 1.29 is 23.7 Å². The molecule has 0 aliphatic carbocycles. The second-order valence-corrected chi connectivity index (χ2v) is 7.09. The molecule has 30 heavy (non-hydrogen) atoms. The average Bonchev–Trinajstić information content (AvgIpc) is 3.16. The summed E-state index contributed by atoms with van der Waals surface area (Å²) in [4.78, 5) is 16.2. The van der Waals surface area contributed by atoms with Gasteiger partial charge in [0.1, 0.15) is 6.04 Å². The molecule has 1 aliphatic heterocycles. The molecule has 2 aromatic carbocycles. The van der Waals surface area contributed by atoms with Crippen molar-refractivity contribution in [2.45, 2.75) is 25.4 Å². The van der Waals surface area contributed by atoms with E-state index in [0.717, 1.165) is 27.7 Å². The van der Waals surface area contributed by atoms with Gasteiger partial charge in [0, 0.05) is 28.6 Å². The first kappa shape index (κ1) is 20.1. The molecule has 7 nitrogen and oxygen atoms in total. The lowest BCUT2D eigenvalue weighted by molar-refractivity contribution is -0.146. The smallest absolute Gasteiger partial charge is 0.323 e. The van der Waals surface area contributed by atoms with Crippen LogP contribution in [0.15, 0.2) is 36.4 Å². The third-order valence-electron chi connectivity index (χ3n) is 5.53. The van der Waals surface area contributed by atoms with Gasteiger partial charge in [-0.25, -0.2) is 0 Å². The zero-order chi connectivity index (χ0) is 21.3. The van der Waals surface area contributed by atoms with Gasteiger partial charge < -0.3 is 23.9 Å². The molecular weight excluding hydrogens is 384 g/mol. The highest BCUT2D eigenvalue weighted by molar-refractivity contribution is 5.87. The van der Waals surface area contributed by atoms with Crippen LogP contribution in [-0.2, 0) is 16.0 Å². The molecule has 0 saturated carbocycles. The summed E-state index contributed by atoms with van der Waals surface area (Å²) in [6, 6.07) is 11.1. The number of methoxy groups -OCH3 is 3. The Morgan fingerprint density at radius 3 is 2.50 bits per heavy atom. The summed E-state index contributed by atoms with van der Waals surface area (Å²) in [5, 5.41) is 4.56. The fourth-order valence-electron chi connectivity index (χ4n) is 4.23. The molecule has 2 N–H and O–H groups in total. The molecule has 4 rings (SSSR count). The van der Waals surface area contributed by atoms with E-state index >= 15 is 0 Å². The lowest BCUT2D eigenvalue weighted by atomic mass is 9.89. The van der Waals surface area contributed by atoms with Crippen LogP contribution in [0.1, 0.15) is 29.8 Å². The topological polar surface area (TPSA) is 81.8 Å². The van der Waals surface area contributed by atoms with Gasteiger partial charge in [0.25, 0.3) is 0 Å². The Bertz CT molecular complexity index is 1070. The zero-order valence-corrected chi connectivity index (χ0v) is 17.6. The maximum absolute atomic E-state index is 12.6. The van der Waals surface area contributed by atoms with Crippen LogP contribution in [0.4, 0.5) is 0 Å². The minimum atomic E-state index is -0.473. The molecule has 2 atom stereocenters. The van der Waals surface area contributed by atoms with Gasteiger partial charge in [-0.05, 0) is 30.7 Å². The number of carbonyl (C=O) groups excluding carboxylic acids is 1. The van der Waals surface area contributed by atoms with E-state index in [9.17, 15) is 4.79 Å². The minimum absolute atomic E-state index is 0.266. The molecule has 0 amide bonds. The number of esters is 1. The summed E-state index contributed by atoms with van der Waals surface area (Å²) >= 11 is 0. The third-order valence-corrected chi connectivity index (χ3v) is 5.53. The highest BCUT2D eigenvalue weighted by Gasteiger charge is 2.36. The monoisotopic (exact) mass is 410 g/mol. The van der Waals surface area contributed by atoms with Gasteiger partial charge >= 0.3 is 5.97 Å². The van der Waals surface area contributed by atoms with E-state index in [1.54, 1.807) is 21.3 Å². The summed E-state index contributed by atoms with van der Waals surface area (Å²) in [7, 11) is 4.76. The maximum atomic E-state index is 12.6. The Labute approximate surface area is 175 Å². The van der Waals surface area contributed by atoms with E-state index in [0.29, 0.717) is 30.3 Å².